The summed E-state index contributed by atoms with van der Waals surface area (Å²) in [5, 5.41) is 3.60. The lowest BCUT2D eigenvalue weighted by atomic mass is 9.95. The molecule has 17 heavy (non-hydrogen) atoms. The van der Waals surface area contributed by atoms with Gasteiger partial charge in [-0.2, -0.15) is 0 Å². The van der Waals surface area contributed by atoms with E-state index in [1.54, 1.807) is 7.05 Å². The summed E-state index contributed by atoms with van der Waals surface area (Å²) in [7, 11) is 1.66. The van der Waals surface area contributed by atoms with Gasteiger partial charge in [0.1, 0.15) is 0 Å². The lowest BCUT2D eigenvalue weighted by Gasteiger charge is -2.24. The molecular formula is C12H19N3OS. The first-order valence-electron chi connectivity index (χ1n) is 6.17. The van der Waals surface area contributed by atoms with Crippen molar-refractivity contribution < 1.29 is 4.79 Å². The topological polar surface area (TPSA) is 46.9 Å². The first-order valence-corrected chi connectivity index (χ1v) is 7.16. The fourth-order valence-electron chi connectivity index (χ4n) is 2.25. The summed E-state index contributed by atoms with van der Waals surface area (Å²) in [6.07, 6.45) is 10.3. The van der Waals surface area contributed by atoms with Gasteiger partial charge in [-0.1, -0.05) is 31.0 Å². The van der Waals surface area contributed by atoms with Gasteiger partial charge in [0, 0.05) is 25.5 Å². The van der Waals surface area contributed by atoms with Gasteiger partial charge >= 0.3 is 0 Å². The zero-order chi connectivity index (χ0) is 12.1. The second-order valence-corrected chi connectivity index (χ2v) is 5.31. The Morgan fingerprint density at radius 2 is 2.29 bits per heavy atom. The molecule has 0 radical (unpaired) electrons. The molecule has 2 rings (SSSR count). The van der Waals surface area contributed by atoms with Crippen LogP contribution in [0.2, 0.25) is 0 Å². The van der Waals surface area contributed by atoms with Gasteiger partial charge in [0.2, 0.25) is 5.91 Å². The Bertz CT molecular complexity index is 372. The van der Waals surface area contributed by atoms with E-state index < -0.39 is 0 Å². The predicted octanol–water partition coefficient (Wildman–Crippen LogP) is 2.23. The molecule has 0 bridgehead atoms. The van der Waals surface area contributed by atoms with Gasteiger partial charge in [-0.25, -0.2) is 4.98 Å². The van der Waals surface area contributed by atoms with E-state index in [0.29, 0.717) is 11.8 Å². The Balaban J connectivity index is 1.98. The molecule has 1 aliphatic carbocycles. The summed E-state index contributed by atoms with van der Waals surface area (Å²) in [4.78, 5) is 15.6. The predicted molar refractivity (Wildman–Crippen MR) is 69.1 cm³/mol. The number of nitrogens with one attached hydrogen (secondary N) is 1. The molecule has 0 aromatic carbocycles. The minimum Gasteiger partial charge on any atom is -0.358 e. The van der Waals surface area contributed by atoms with Crippen LogP contribution in [0, 0.1) is 0 Å². The number of carbonyl (C=O) groups excluding carboxylic acids is 1. The van der Waals surface area contributed by atoms with E-state index in [4.69, 9.17) is 0 Å². The molecule has 0 aliphatic heterocycles. The molecule has 1 amide bonds. The largest absolute Gasteiger partial charge is 0.358 e. The molecule has 1 N–H and O–H groups in total. The number of hydrogen-bond donors (Lipinski definition) is 1. The zero-order valence-corrected chi connectivity index (χ0v) is 11.0. The molecule has 0 atom stereocenters. The Labute approximate surface area is 106 Å². The Morgan fingerprint density at radius 1 is 1.53 bits per heavy atom. The lowest BCUT2D eigenvalue weighted by molar-refractivity contribution is -0.118. The van der Waals surface area contributed by atoms with Crippen molar-refractivity contribution in [3.8, 4) is 0 Å². The number of rotatable bonds is 4. The number of amides is 1. The molecule has 5 heteroatoms. The van der Waals surface area contributed by atoms with Crippen molar-refractivity contribution in [2.75, 3.05) is 12.8 Å². The van der Waals surface area contributed by atoms with E-state index in [1.165, 1.54) is 43.9 Å². The molecule has 1 saturated carbocycles. The third kappa shape index (κ3) is 3.25. The molecule has 1 heterocycles. The highest BCUT2D eigenvalue weighted by atomic mass is 32.2. The maximum Gasteiger partial charge on any atom is 0.230 e. The molecule has 0 saturated heterocycles. The van der Waals surface area contributed by atoms with Crippen LogP contribution in [0.25, 0.3) is 0 Å². The Morgan fingerprint density at radius 3 is 3.00 bits per heavy atom. The monoisotopic (exact) mass is 253 g/mol. The van der Waals surface area contributed by atoms with Gasteiger partial charge in [-0.15, -0.1) is 0 Å². The lowest BCUT2D eigenvalue weighted by Crippen LogP contribution is -2.20. The maximum absolute atomic E-state index is 11.2. The molecule has 4 nitrogen and oxygen atoms in total. The maximum atomic E-state index is 11.2. The van der Waals surface area contributed by atoms with Gasteiger partial charge in [0.15, 0.2) is 5.16 Å². The second-order valence-electron chi connectivity index (χ2n) is 4.37. The van der Waals surface area contributed by atoms with Crippen molar-refractivity contribution in [1.82, 2.24) is 14.9 Å². The van der Waals surface area contributed by atoms with Crippen molar-refractivity contribution in [1.29, 1.82) is 0 Å². The summed E-state index contributed by atoms with van der Waals surface area (Å²) in [5.74, 6) is 0.494. The number of carbonyl (C=O) groups is 1. The van der Waals surface area contributed by atoms with E-state index in [0.717, 1.165) is 5.16 Å². The SMILES string of the molecule is CNC(=O)CSc1nccn1C1CCCCC1. The Hall–Kier alpha value is -0.970. The van der Waals surface area contributed by atoms with Gasteiger partial charge in [-0.05, 0) is 12.8 Å². The van der Waals surface area contributed by atoms with Crippen molar-refractivity contribution >= 4 is 17.7 Å². The van der Waals surface area contributed by atoms with E-state index in [-0.39, 0.29) is 5.91 Å². The average molecular weight is 253 g/mol. The summed E-state index contributed by atoms with van der Waals surface area (Å²) in [6, 6.07) is 0.582. The van der Waals surface area contributed by atoms with Gasteiger partial charge in [0.25, 0.3) is 0 Å². The summed E-state index contributed by atoms with van der Waals surface area (Å²) in [5.41, 5.74) is 0. The van der Waals surface area contributed by atoms with Crippen LogP contribution in [0.4, 0.5) is 0 Å². The summed E-state index contributed by atoms with van der Waals surface area (Å²) < 4.78 is 2.24. The van der Waals surface area contributed by atoms with Crippen LogP contribution in [-0.2, 0) is 4.79 Å². The van der Waals surface area contributed by atoms with Crippen molar-refractivity contribution in [3.05, 3.63) is 12.4 Å². The van der Waals surface area contributed by atoms with Crippen molar-refractivity contribution in [2.45, 2.75) is 43.3 Å². The molecule has 1 aromatic rings. The highest BCUT2D eigenvalue weighted by Gasteiger charge is 2.18. The normalized spacial score (nSPS) is 17.0. The minimum absolute atomic E-state index is 0.0493. The third-order valence-electron chi connectivity index (χ3n) is 3.21. The van der Waals surface area contributed by atoms with Crippen LogP contribution in [0.3, 0.4) is 0 Å². The second kappa shape index (κ2) is 6.10. The van der Waals surface area contributed by atoms with Gasteiger partial charge in [0.05, 0.1) is 5.75 Å². The van der Waals surface area contributed by atoms with Gasteiger partial charge < -0.3 is 9.88 Å². The average Bonchev–Trinajstić information content (AvgIpc) is 2.85. The highest BCUT2D eigenvalue weighted by molar-refractivity contribution is 7.99. The first-order chi connectivity index (χ1) is 8.31. The first kappa shape index (κ1) is 12.5. The molecule has 94 valence electrons. The van der Waals surface area contributed by atoms with Crippen molar-refractivity contribution in [2.24, 2.45) is 0 Å². The van der Waals surface area contributed by atoms with E-state index in [9.17, 15) is 4.79 Å². The minimum atomic E-state index is 0.0493. The summed E-state index contributed by atoms with van der Waals surface area (Å²) in [6.45, 7) is 0. The zero-order valence-electron chi connectivity index (χ0n) is 10.2. The highest BCUT2D eigenvalue weighted by Crippen LogP contribution is 2.31. The fraction of sp³-hybridized carbons (Fsp3) is 0.667. The number of hydrogen-bond acceptors (Lipinski definition) is 3. The quantitative estimate of drug-likeness (QED) is 0.837. The summed E-state index contributed by atoms with van der Waals surface area (Å²) >= 11 is 1.52. The molecule has 1 fully saturated rings. The van der Waals surface area contributed by atoms with Crippen LogP contribution in [0.1, 0.15) is 38.1 Å². The van der Waals surface area contributed by atoms with E-state index in [1.807, 2.05) is 12.4 Å². The molecule has 1 aliphatic rings. The number of imidazole rings is 1. The van der Waals surface area contributed by atoms with Crippen molar-refractivity contribution in [3.63, 3.8) is 0 Å². The number of nitrogens with zero attached hydrogens (tertiary/aromatic N) is 2. The van der Waals surface area contributed by atoms with Crippen LogP contribution >= 0.6 is 11.8 Å². The van der Waals surface area contributed by atoms with Crippen LogP contribution < -0.4 is 5.32 Å². The number of aromatic nitrogens is 2. The Kier molecular flexibility index (Phi) is 4.48. The number of thioether (sulfide) groups is 1. The standard InChI is InChI=1S/C12H19N3OS/c1-13-11(16)9-17-12-14-7-8-15(12)10-5-3-2-4-6-10/h7-8,10H,2-6,9H2,1H3,(H,13,16). The van der Waals surface area contributed by atoms with Crippen LogP contribution in [0.5, 0.6) is 0 Å². The van der Waals surface area contributed by atoms with Crippen LogP contribution in [-0.4, -0.2) is 28.3 Å². The van der Waals surface area contributed by atoms with Gasteiger partial charge in [-0.3, -0.25) is 4.79 Å². The smallest absolute Gasteiger partial charge is 0.230 e. The third-order valence-corrected chi connectivity index (χ3v) is 4.19. The van der Waals surface area contributed by atoms with Crippen LogP contribution in [0.15, 0.2) is 17.6 Å². The fourth-order valence-corrected chi connectivity index (χ4v) is 3.15. The van der Waals surface area contributed by atoms with E-state index >= 15 is 0 Å². The molecule has 0 spiro atoms. The molecule has 1 aromatic heterocycles. The van der Waals surface area contributed by atoms with E-state index in [2.05, 4.69) is 14.9 Å². The molecular weight excluding hydrogens is 234 g/mol. The molecule has 0 unspecified atom stereocenters.